The first-order chi connectivity index (χ1) is 14.4. The first-order valence-electron chi connectivity index (χ1n) is 9.94. The average Bonchev–Trinajstić information content (AvgIpc) is 3.52. The molecule has 0 amide bonds. The van der Waals surface area contributed by atoms with Crippen LogP contribution in [0, 0.1) is 0 Å². The molecule has 0 radical (unpaired) electrons. The predicted octanol–water partition coefficient (Wildman–Crippen LogP) is 4.70. The number of fused-ring (bicyclic) bond motifs is 2. The molecule has 1 saturated heterocycles. The van der Waals surface area contributed by atoms with Crippen molar-refractivity contribution in [2.75, 3.05) is 13.1 Å². The van der Waals surface area contributed by atoms with Crippen LogP contribution in [0.3, 0.4) is 0 Å². The lowest BCUT2D eigenvalue weighted by atomic mass is 9.94. The molecule has 1 fully saturated rings. The van der Waals surface area contributed by atoms with Gasteiger partial charge in [0.05, 0.1) is 11.2 Å². The van der Waals surface area contributed by atoms with Gasteiger partial charge >= 0.3 is 0 Å². The van der Waals surface area contributed by atoms with E-state index in [4.69, 9.17) is 4.98 Å². The third-order valence-corrected chi connectivity index (χ3v) is 6.66. The summed E-state index contributed by atoms with van der Waals surface area (Å²) in [7, 11) is 0. The van der Waals surface area contributed by atoms with Gasteiger partial charge in [0.25, 0.3) is 0 Å². The number of aromatic amines is 2. The first kappa shape index (κ1) is 16.9. The fourth-order valence-electron chi connectivity index (χ4n) is 4.25. The summed E-state index contributed by atoms with van der Waals surface area (Å²) in [6, 6.07) is 12.7. The third kappa shape index (κ3) is 2.85. The summed E-state index contributed by atoms with van der Waals surface area (Å²) in [6.45, 7) is 2.11. The monoisotopic (exact) mass is 400 g/mol. The van der Waals surface area contributed by atoms with E-state index in [2.05, 4.69) is 67.3 Å². The van der Waals surface area contributed by atoms with Crippen LogP contribution < -0.4 is 5.32 Å². The number of H-pyrrole nitrogens is 2. The van der Waals surface area contributed by atoms with Gasteiger partial charge in [-0.25, -0.2) is 9.97 Å². The van der Waals surface area contributed by atoms with E-state index in [-0.39, 0.29) is 0 Å². The van der Waals surface area contributed by atoms with Crippen molar-refractivity contribution < 1.29 is 0 Å². The zero-order chi connectivity index (χ0) is 19.2. The predicted molar refractivity (Wildman–Crippen MR) is 117 cm³/mol. The van der Waals surface area contributed by atoms with Crippen LogP contribution in [0.25, 0.3) is 43.9 Å². The second kappa shape index (κ2) is 6.79. The highest BCUT2D eigenvalue weighted by molar-refractivity contribution is 7.13. The van der Waals surface area contributed by atoms with Gasteiger partial charge in [0, 0.05) is 33.6 Å². The number of hydrogen-bond donors (Lipinski definition) is 3. The molecule has 0 atom stereocenters. The number of pyridine rings is 2. The maximum atomic E-state index is 5.02. The van der Waals surface area contributed by atoms with Crippen molar-refractivity contribution in [2.24, 2.45) is 0 Å². The number of hydrogen-bond acceptors (Lipinski definition) is 5. The minimum atomic E-state index is 0.512. The highest BCUT2D eigenvalue weighted by Crippen LogP contribution is 2.35. The summed E-state index contributed by atoms with van der Waals surface area (Å²) < 4.78 is 0. The Hall–Kier alpha value is -3.03. The highest BCUT2D eigenvalue weighted by atomic mass is 32.1. The quantitative estimate of drug-likeness (QED) is 0.410. The van der Waals surface area contributed by atoms with Crippen molar-refractivity contribution in [3.63, 3.8) is 0 Å². The van der Waals surface area contributed by atoms with Gasteiger partial charge < -0.3 is 10.3 Å². The Morgan fingerprint density at radius 1 is 1.07 bits per heavy atom. The van der Waals surface area contributed by atoms with E-state index in [1.54, 1.807) is 11.3 Å². The molecule has 1 aliphatic rings. The van der Waals surface area contributed by atoms with E-state index >= 15 is 0 Å². The van der Waals surface area contributed by atoms with Gasteiger partial charge in [-0.15, -0.1) is 11.3 Å². The average molecular weight is 401 g/mol. The molecule has 0 spiro atoms. The van der Waals surface area contributed by atoms with Crippen molar-refractivity contribution in [3.05, 3.63) is 53.7 Å². The molecule has 0 aromatic carbocycles. The highest BCUT2D eigenvalue weighted by Gasteiger charge is 2.20. The first-order valence-corrected chi connectivity index (χ1v) is 10.8. The molecule has 6 rings (SSSR count). The summed E-state index contributed by atoms with van der Waals surface area (Å²) in [6.07, 6.45) is 4.12. The van der Waals surface area contributed by atoms with E-state index in [0.29, 0.717) is 5.92 Å². The van der Waals surface area contributed by atoms with Crippen LogP contribution in [0.1, 0.15) is 24.5 Å². The molecule has 29 heavy (non-hydrogen) atoms. The number of nitrogens with zero attached hydrogens (tertiary/aromatic N) is 3. The SMILES string of the molecule is c1csc(-c2ccnc3[nH]c(-c4n[nH]c5ccc(C6CCNCC6)nc45)cc23)c1. The van der Waals surface area contributed by atoms with Gasteiger partial charge in [0.1, 0.15) is 16.9 Å². The zero-order valence-electron chi connectivity index (χ0n) is 15.8. The summed E-state index contributed by atoms with van der Waals surface area (Å²) in [5, 5.41) is 14.4. The van der Waals surface area contributed by atoms with Crippen LogP contribution in [0.2, 0.25) is 0 Å². The normalized spacial score (nSPS) is 15.4. The molecule has 6 nitrogen and oxygen atoms in total. The molecule has 5 aromatic heterocycles. The van der Waals surface area contributed by atoms with Gasteiger partial charge in [0.15, 0.2) is 0 Å². The van der Waals surface area contributed by atoms with Gasteiger partial charge in [-0.2, -0.15) is 5.10 Å². The molecule has 6 heterocycles. The standard InChI is InChI=1S/C22H20N6S/c1-2-19(29-11-1)14-7-10-24-22-15(14)12-18(26-22)21-20-17(27-28-21)4-3-16(25-20)13-5-8-23-9-6-13/h1-4,7,10-13,23H,5-6,8-9H2,(H,24,26)(H,27,28). The topological polar surface area (TPSA) is 82.3 Å². The molecule has 3 N–H and O–H groups in total. The minimum Gasteiger partial charge on any atom is -0.338 e. The Balaban J connectivity index is 1.48. The summed E-state index contributed by atoms with van der Waals surface area (Å²) in [5.41, 5.74) is 6.90. The Kier molecular flexibility index (Phi) is 3.95. The Bertz CT molecular complexity index is 1290. The Morgan fingerprint density at radius 2 is 2.00 bits per heavy atom. The van der Waals surface area contributed by atoms with Crippen molar-refractivity contribution in [1.29, 1.82) is 0 Å². The largest absolute Gasteiger partial charge is 0.338 e. The third-order valence-electron chi connectivity index (χ3n) is 5.76. The van der Waals surface area contributed by atoms with Crippen molar-refractivity contribution in [1.82, 2.24) is 30.5 Å². The van der Waals surface area contributed by atoms with E-state index in [9.17, 15) is 0 Å². The minimum absolute atomic E-state index is 0.512. The fraction of sp³-hybridized carbons (Fsp3) is 0.227. The molecule has 5 aromatic rings. The Morgan fingerprint density at radius 3 is 2.86 bits per heavy atom. The smallest absolute Gasteiger partial charge is 0.138 e. The lowest BCUT2D eigenvalue weighted by Gasteiger charge is -2.22. The molecular weight excluding hydrogens is 380 g/mol. The van der Waals surface area contributed by atoms with Crippen LogP contribution in [0.4, 0.5) is 0 Å². The number of piperidine rings is 1. The Labute approximate surface area is 171 Å². The molecule has 0 bridgehead atoms. The van der Waals surface area contributed by atoms with E-state index in [1.807, 2.05) is 6.20 Å². The van der Waals surface area contributed by atoms with E-state index in [1.165, 1.54) is 10.4 Å². The molecule has 0 saturated carbocycles. The molecular formula is C22H20N6S. The van der Waals surface area contributed by atoms with Crippen LogP contribution in [-0.4, -0.2) is 38.2 Å². The number of nitrogens with one attached hydrogen (secondary N) is 3. The lowest BCUT2D eigenvalue weighted by Crippen LogP contribution is -2.27. The lowest BCUT2D eigenvalue weighted by molar-refractivity contribution is 0.454. The second-order valence-corrected chi connectivity index (χ2v) is 8.46. The summed E-state index contributed by atoms with van der Waals surface area (Å²) in [4.78, 5) is 14.2. The van der Waals surface area contributed by atoms with Crippen molar-refractivity contribution in [2.45, 2.75) is 18.8 Å². The summed E-state index contributed by atoms with van der Waals surface area (Å²) >= 11 is 1.74. The molecule has 144 valence electrons. The van der Waals surface area contributed by atoms with Gasteiger partial charge in [-0.05, 0) is 61.6 Å². The van der Waals surface area contributed by atoms with Crippen LogP contribution in [0.5, 0.6) is 0 Å². The van der Waals surface area contributed by atoms with Crippen LogP contribution in [0.15, 0.2) is 48.0 Å². The summed E-state index contributed by atoms with van der Waals surface area (Å²) in [5.74, 6) is 0.512. The van der Waals surface area contributed by atoms with Crippen LogP contribution >= 0.6 is 11.3 Å². The second-order valence-electron chi connectivity index (χ2n) is 7.51. The maximum Gasteiger partial charge on any atom is 0.138 e. The molecule has 1 aliphatic heterocycles. The van der Waals surface area contributed by atoms with E-state index in [0.717, 1.165) is 65.1 Å². The number of rotatable bonds is 3. The van der Waals surface area contributed by atoms with Crippen LogP contribution in [-0.2, 0) is 0 Å². The fourth-order valence-corrected chi connectivity index (χ4v) is 5.01. The zero-order valence-corrected chi connectivity index (χ0v) is 16.6. The number of thiophene rings is 1. The van der Waals surface area contributed by atoms with Gasteiger partial charge in [-0.1, -0.05) is 6.07 Å². The van der Waals surface area contributed by atoms with Gasteiger partial charge in [0.2, 0.25) is 0 Å². The molecule has 7 heteroatoms. The van der Waals surface area contributed by atoms with Crippen molar-refractivity contribution in [3.8, 4) is 21.8 Å². The maximum absolute atomic E-state index is 5.02. The van der Waals surface area contributed by atoms with E-state index < -0.39 is 0 Å². The van der Waals surface area contributed by atoms with Gasteiger partial charge in [-0.3, -0.25) is 5.10 Å². The number of aromatic nitrogens is 5. The molecule has 0 unspecified atom stereocenters. The molecule has 0 aliphatic carbocycles. The van der Waals surface area contributed by atoms with Crippen molar-refractivity contribution >= 4 is 33.4 Å².